The Balaban J connectivity index is 2.02. The number of ether oxygens (including phenoxy) is 1. The third-order valence-electron chi connectivity index (χ3n) is 2.28. The molecule has 1 saturated carbocycles. The molecule has 2 fully saturated rings. The summed E-state index contributed by atoms with van der Waals surface area (Å²) in [6, 6.07) is 0. The molecule has 9 heavy (non-hydrogen) atoms. The molecule has 1 aliphatic heterocycles. The standard InChI is InChI=1S/C6H9NO2/c7-6(8)5-3-1-9-2-4(3)5/h3-5H,1-2H2,(H2,7,8)/t3-,4-/m1/s1. The molecule has 0 bridgehead atoms. The number of amides is 1. The van der Waals surface area contributed by atoms with E-state index in [1.165, 1.54) is 0 Å². The lowest BCUT2D eigenvalue weighted by Crippen LogP contribution is -2.18. The average Bonchev–Trinajstić information content (AvgIpc) is 2.30. The lowest BCUT2D eigenvalue weighted by atomic mass is 10.3. The molecule has 50 valence electrons. The predicted molar refractivity (Wildman–Crippen MR) is 30.5 cm³/mol. The Morgan fingerprint density at radius 3 is 2.33 bits per heavy atom. The van der Waals surface area contributed by atoms with Gasteiger partial charge in [-0.05, 0) is 11.8 Å². The van der Waals surface area contributed by atoms with E-state index in [1.54, 1.807) is 0 Å². The van der Waals surface area contributed by atoms with E-state index in [2.05, 4.69) is 0 Å². The molecule has 1 amide bonds. The van der Waals surface area contributed by atoms with Gasteiger partial charge >= 0.3 is 0 Å². The van der Waals surface area contributed by atoms with Gasteiger partial charge in [-0.15, -0.1) is 0 Å². The van der Waals surface area contributed by atoms with Crippen molar-refractivity contribution >= 4 is 5.91 Å². The second-order valence-electron chi connectivity index (χ2n) is 2.79. The largest absolute Gasteiger partial charge is 0.381 e. The minimum atomic E-state index is -0.145. The lowest BCUT2D eigenvalue weighted by Gasteiger charge is -1.96. The molecule has 2 atom stereocenters. The fourth-order valence-electron chi connectivity index (χ4n) is 1.66. The van der Waals surface area contributed by atoms with Gasteiger partial charge in [-0.1, -0.05) is 0 Å². The number of hydrogen-bond donors (Lipinski definition) is 1. The summed E-state index contributed by atoms with van der Waals surface area (Å²) < 4.78 is 5.08. The second-order valence-corrected chi connectivity index (χ2v) is 2.79. The minimum Gasteiger partial charge on any atom is -0.381 e. The summed E-state index contributed by atoms with van der Waals surface area (Å²) in [5.74, 6) is 0.956. The van der Waals surface area contributed by atoms with E-state index in [4.69, 9.17) is 10.5 Å². The Morgan fingerprint density at radius 2 is 2.00 bits per heavy atom. The van der Waals surface area contributed by atoms with Gasteiger partial charge in [0.2, 0.25) is 5.91 Å². The summed E-state index contributed by atoms with van der Waals surface area (Å²) in [6.45, 7) is 1.50. The van der Waals surface area contributed by atoms with Crippen LogP contribution in [0.1, 0.15) is 0 Å². The van der Waals surface area contributed by atoms with Gasteiger partial charge in [0.05, 0.1) is 13.2 Å². The number of fused-ring (bicyclic) bond motifs is 1. The topological polar surface area (TPSA) is 52.3 Å². The van der Waals surface area contributed by atoms with Crippen molar-refractivity contribution in [3.63, 3.8) is 0 Å². The van der Waals surface area contributed by atoms with Gasteiger partial charge in [0.1, 0.15) is 0 Å². The maximum absolute atomic E-state index is 10.5. The molecule has 2 N–H and O–H groups in total. The minimum absolute atomic E-state index is 0.145. The molecule has 1 heterocycles. The molecule has 3 nitrogen and oxygen atoms in total. The van der Waals surface area contributed by atoms with Crippen LogP contribution in [0.25, 0.3) is 0 Å². The van der Waals surface area contributed by atoms with Crippen molar-refractivity contribution < 1.29 is 9.53 Å². The van der Waals surface area contributed by atoms with E-state index < -0.39 is 0 Å². The number of primary amides is 1. The van der Waals surface area contributed by atoms with Crippen LogP contribution in [-0.2, 0) is 9.53 Å². The Kier molecular flexibility index (Phi) is 0.858. The Morgan fingerprint density at radius 1 is 1.44 bits per heavy atom. The smallest absolute Gasteiger partial charge is 0.221 e. The molecule has 1 aliphatic carbocycles. The monoisotopic (exact) mass is 127 g/mol. The number of nitrogens with two attached hydrogens (primary N) is 1. The van der Waals surface area contributed by atoms with Crippen molar-refractivity contribution in [3.05, 3.63) is 0 Å². The first-order chi connectivity index (χ1) is 4.30. The SMILES string of the molecule is NC(=O)C1[C@@H]2COC[C@@H]12. The van der Waals surface area contributed by atoms with Crippen LogP contribution < -0.4 is 5.73 Å². The van der Waals surface area contributed by atoms with Crippen LogP contribution in [-0.4, -0.2) is 19.1 Å². The number of hydrogen-bond acceptors (Lipinski definition) is 2. The zero-order chi connectivity index (χ0) is 6.43. The zero-order valence-electron chi connectivity index (χ0n) is 5.04. The molecule has 0 aromatic heterocycles. The normalized spacial score (nSPS) is 46.4. The van der Waals surface area contributed by atoms with Gasteiger partial charge < -0.3 is 10.5 Å². The summed E-state index contributed by atoms with van der Waals surface area (Å²) in [6.07, 6.45) is 0. The third kappa shape index (κ3) is 0.580. The summed E-state index contributed by atoms with van der Waals surface area (Å²) in [4.78, 5) is 10.5. The first-order valence-corrected chi connectivity index (χ1v) is 3.18. The summed E-state index contributed by atoms with van der Waals surface area (Å²) in [7, 11) is 0. The van der Waals surface area contributed by atoms with Crippen molar-refractivity contribution in [1.29, 1.82) is 0 Å². The van der Waals surface area contributed by atoms with Gasteiger partial charge in [0, 0.05) is 5.92 Å². The van der Waals surface area contributed by atoms with Gasteiger partial charge in [-0.25, -0.2) is 0 Å². The Bertz CT molecular complexity index is 147. The molecular weight excluding hydrogens is 118 g/mol. The van der Waals surface area contributed by atoms with Crippen molar-refractivity contribution in [2.75, 3.05) is 13.2 Å². The molecule has 3 heteroatoms. The quantitative estimate of drug-likeness (QED) is 0.509. The van der Waals surface area contributed by atoms with Crippen molar-refractivity contribution in [2.24, 2.45) is 23.5 Å². The van der Waals surface area contributed by atoms with Crippen LogP contribution in [0.5, 0.6) is 0 Å². The molecular formula is C6H9NO2. The van der Waals surface area contributed by atoms with Gasteiger partial charge in [0.15, 0.2) is 0 Å². The zero-order valence-corrected chi connectivity index (χ0v) is 5.04. The molecule has 0 spiro atoms. The van der Waals surface area contributed by atoms with Gasteiger partial charge in [-0.3, -0.25) is 4.79 Å². The Labute approximate surface area is 53.2 Å². The van der Waals surface area contributed by atoms with Gasteiger partial charge in [0.25, 0.3) is 0 Å². The molecule has 2 aliphatic rings. The molecule has 2 rings (SSSR count). The first-order valence-electron chi connectivity index (χ1n) is 3.18. The predicted octanol–water partition coefficient (Wildman–Crippen LogP) is -0.636. The summed E-state index contributed by atoms with van der Waals surface area (Å²) in [5.41, 5.74) is 5.09. The van der Waals surface area contributed by atoms with Crippen LogP contribution in [0, 0.1) is 17.8 Å². The molecule has 0 aromatic rings. The lowest BCUT2D eigenvalue weighted by molar-refractivity contribution is -0.120. The highest BCUT2D eigenvalue weighted by atomic mass is 16.5. The van der Waals surface area contributed by atoms with E-state index in [9.17, 15) is 4.79 Å². The third-order valence-corrected chi connectivity index (χ3v) is 2.28. The fourth-order valence-corrected chi connectivity index (χ4v) is 1.66. The van der Waals surface area contributed by atoms with E-state index in [1.807, 2.05) is 0 Å². The highest BCUT2D eigenvalue weighted by molar-refractivity contribution is 5.80. The van der Waals surface area contributed by atoms with Crippen molar-refractivity contribution in [3.8, 4) is 0 Å². The van der Waals surface area contributed by atoms with Crippen LogP contribution in [0.4, 0.5) is 0 Å². The van der Waals surface area contributed by atoms with E-state index >= 15 is 0 Å². The highest BCUT2D eigenvalue weighted by Crippen LogP contribution is 2.50. The first kappa shape index (κ1) is 5.23. The molecule has 0 unspecified atom stereocenters. The van der Waals surface area contributed by atoms with Crippen LogP contribution >= 0.6 is 0 Å². The molecule has 1 saturated heterocycles. The van der Waals surface area contributed by atoms with Crippen LogP contribution in [0.2, 0.25) is 0 Å². The number of carbonyl (C=O) groups excluding carboxylic acids is 1. The molecule has 0 aromatic carbocycles. The van der Waals surface area contributed by atoms with Crippen LogP contribution in [0.15, 0.2) is 0 Å². The summed E-state index contributed by atoms with van der Waals surface area (Å²) in [5, 5.41) is 0. The van der Waals surface area contributed by atoms with E-state index in [0.717, 1.165) is 13.2 Å². The fraction of sp³-hybridized carbons (Fsp3) is 0.833. The van der Waals surface area contributed by atoms with Crippen LogP contribution in [0.3, 0.4) is 0 Å². The maximum atomic E-state index is 10.5. The maximum Gasteiger partial charge on any atom is 0.221 e. The average molecular weight is 127 g/mol. The highest BCUT2D eigenvalue weighted by Gasteiger charge is 2.57. The Hall–Kier alpha value is -0.570. The van der Waals surface area contributed by atoms with Crippen molar-refractivity contribution in [1.82, 2.24) is 0 Å². The van der Waals surface area contributed by atoms with E-state index in [0.29, 0.717) is 11.8 Å². The van der Waals surface area contributed by atoms with Crippen molar-refractivity contribution in [2.45, 2.75) is 0 Å². The summed E-state index contributed by atoms with van der Waals surface area (Å²) >= 11 is 0. The number of carbonyl (C=O) groups is 1. The number of rotatable bonds is 1. The van der Waals surface area contributed by atoms with Gasteiger partial charge in [-0.2, -0.15) is 0 Å². The molecule has 0 radical (unpaired) electrons. The van der Waals surface area contributed by atoms with E-state index in [-0.39, 0.29) is 11.8 Å². The second kappa shape index (κ2) is 1.48.